The van der Waals surface area contributed by atoms with Crippen LogP contribution in [0.4, 0.5) is 0 Å². The fourth-order valence-electron chi connectivity index (χ4n) is 3.49. The summed E-state index contributed by atoms with van der Waals surface area (Å²) in [5, 5.41) is 3.64. The zero-order valence-electron chi connectivity index (χ0n) is 12.4. The minimum Gasteiger partial charge on any atom is -0.370 e. The first-order chi connectivity index (χ1) is 8.55. The highest BCUT2D eigenvalue weighted by atomic mass is 16.5. The van der Waals surface area contributed by atoms with E-state index in [2.05, 4.69) is 31.0 Å². The largest absolute Gasteiger partial charge is 0.370 e. The van der Waals surface area contributed by atoms with Crippen LogP contribution in [-0.4, -0.2) is 48.8 Å². The summed E-state index contributed by atoms with van der Waals surface area (Å²) in [6.45, 7) is 11.2. The van der Waals surface area contributed by atoms with Crippen LogP contribution in [-0.2, 0) is 4.74 Å². The molecule has 2 atom stereocenters. The van der Waals surface area contributed by atoms with Crippen molar-refractivity contribution >= 4 is 0 Å². The van der Waals surface area contributed by atoms with Crippen LogP contribution in [0.2, 0.25) is 0 Å². The Morgan fingerprint density at radius 2 is 2.17 bits per heavy atom. The molecule has 2 aliphatic rings. The van der Waals surface area contributed by atoms with Crippen LogP contribution in [0.25, 0.3) is 0 Å². The standard InChI is InChI=1S/C15H30N2O/c1-13-11-17(12-15(2,3)18-13)10-6-8-14-7-4-5-9-16-14/h13-14,16H,4-12H2,1-3H3. The van der Waals surface area contributed by atoms with Gasteiger partial charge in [-0.2, -0.15) is 0 Å². The van der Waals surface area contributed by atoms with Crippen LogP contribution >= 0.6 is 0 Å². The molecule has 18 heavy (non-hydrogen) atoms. The summed E-state index contributed by atoms with van der Waals surface area (Å²) in [5.41, 5.74) is 0.0285. The second kappa shape index (κ2) is 6.36. The molecule has 3 nitrogen and oxygen atoms in total. The highest BCUT2D eigenvalue weighted by Gasteiger charge is 2.30. The SMILES string of the molecule is CC1CN(CCCC2CCCCN2)CC(C)(C)O1. The first kappa shape index (κ1) is 14.3. The Morgan fingerprint density at radius 3 is 2.83 bits per heavy atom. The van der Waals surface area contributed by atoms with E-state index in [0.29, 0.717) is 6.10 Å². The van der Waals surface area contributed by atoms with Crippen molar-refractivity contribution in [2.45, 2.75) is 70.6 Å². The van der Waals surface area contributed by atoms with E-state index in [1.54, 1.807) is 0 Å². The summed E-state index contributed by atoms with van der Waals surface area (Å²) in [6.07, 6.45) is 7.20. The molecule has 2 rings (SSSR count). The Kier molecular flexibility index (Phi) is 5.05. The van der Waals surface area contributed by atoms with Crippen molar-refractivity contribution in [2.24, 2.45) is 0 Å². The number of nitrogens with one attached hydrogen (secondary N) is 1. The van der Waals surface area contributed by atoms with Crippen LogP contribution in [0, 0.1) is 0 Å². The maximum atomic E-state index is 5.95. The average Bonchev–Trinajstić information content (AvgIpc) is 2.27. The highest BCUT2D eigenvalue weighted by molar-refractivity contribution is 4.83. The van der Waals surface area contributed by atoms with Crippen molar-refractivity contribution in [3.05, 3.63) is 0 Å². The molecule has 106 valence electrons. The molecule has 2 aliphatic heterocycles. The monoisotopic (exact) mass is 254 g/mol. The van der Waals surface area contributed by atoms with Crippen molar-refractivity contribution in [2.75, 3.05) is 26.2 Å². The lowest BCUT2D eigenvalue weighted by molar-refractivity contribution is -0.128. The first-order valence-electron chi connectivity index (χ1n) is 7.69. The minimum absolute atomic E-state index is 0.0285. The second-order valence-electron chi connectivity index (χ2n) is 6.71. The number of hydrogen-bond acceptors (Lipinski definition) is 3. The predicted molar refractivity (Wildman–Crippen MR) is 75.9 cm³/mol. The lowest BCUT2D eigenvalue weighted by Crippen LogP contribution is -2.52. The van der Waals surface area contributed by atoms with Crippen LogP contribution < -0.4 is 5.32 Å². The molecule has 2 saturated heterocycles. The molecule has 0 spiro atoms. The third kappa shape index (κ3) is 4.52. The second-order valence-corrected chi connectivity index (χ2v) is 6.71. The number of piperidine rings is 1. The molecule has 0 aliphatic carbocycles. The number of ether oxygens (including phenoxy) is 1. The Hall–Kier alpha value is -0.120. The minimum atomic E-state index is 0.0285. The molecule has 0 bridgehead atoms. The predicted octanol–water partition coefficient (Wildman–Crippen LogP) is 2.41. The van der Waals surface area contributed by atoms with E-state index in [-0.39, 0.29) is 5.60 Å². The van der Waals surface area contributed by atoms with Crippen molar-refractivity contribution in [1.29, 1.82) is 0 Å². The van der Waals surface area contributed by atoms with Crippen molar-refractivity contribution in [3.63, 3.8) is 0 Å². The molecule has 2 heterocycles. The lowest BCUT2D eigenvalue weighted by atomic mass is 10.00. The van der Waals surface area contributed by atoms with Gasteiger partial charge >= 0.3 is 0 Å². The normalized spacial score (nSPS) is 33.5. The van der Waals surface area contributed by atoms with Gasteiger partial charge in [0.25, 0.3) is 0 Å². The van der Waals surface area contributed by atoms with Gasteiger partial charge in [-0.3, -0.25) is 4.90 Å². The molecule has 0 amide bonds. The summed E-state index contributed by atoms with van der Waals surface area (Å²) in [7, 11) is 0. The van der Waals surface area contributed by atoms with Gasteiger partial charge in [-0.05, 0) is 59.5 Å². The van der Waals surface area contributed by atoms with Crippen molar-refractivity contribution in [1.82, 2.24) is 10.2 Å². The molecule has 2 fully saturated rings. The van der Waals surface area contributed by atoms with E-state index in [9.17, 15) is 0 Å². The van der Waals surface area contributed by atoms with Crippen LogP contribution in [0.3, 0.4) is 0 Å². The number of nitrogens with zero attached hydrogens (tertiary/aromatic N) is 1. The topological polar surface area (TPSA) is 24.5 Å². The molecular formula is C15H30N2O. The Labute approximate surface area is 112 Å². The summed E-state index contributed by atoms with van der Waals surface area (Å²) in [5.74, 6) is 0. The molecular weight excluding hydrogens is 224 g/mol. The molecule has 0 aromatic rings. The van der Waals surface area contributed by atoms with Crippen molar-refractivity contribution in [3.8, 4) is 0 Å². The summed E-state index contributed by atoms with van der Waals surface area (Å²) in [4.78, 5) is 2.58. The summed E-state index contributed by atoms with van der Waals surface area (Å²) >= 11 is 0. The average molecular weight is 254 g/mol. The highest BCUT2D eigenvalue weighted by Crippen LogP contribution is 2.21. The third-order valence-electron chi connectivity index (χ3n) is 4.08. The third-order valence-corrected chi connectivity index (χ3v) is 4.08. The zero-order valence-corrected chi connectivity index (χ0v) is 12.4. The van der Waals surface area contributed by atoms with Gasteiger partial charge in [0.1, 0.15) is 0 Å². The van der Waals surface area contributed by atoms with Gasteiger partial charge in [0.05, 0.1) is 11.7 Å². The van der Waals surface area contributed by atoms with E-state index in [1.165, 1.54) is 45.2 Å². The maximum absolute atomic E-state index is 5.95. The number of rotatable bonds is 4. The summed E-state index contributed by atoms with van der Waals surface area (Å²) < 4.78 is 5.95. The lowest BCUT2D eigenvalue weighted by Gasteiger charge is -2.42. The molecule has 0 aromatic heterocycles. The van der Waals surface area contributed by atoms with Crippen LogP contribution in [0.5, 0.6) is 0 Å². The Bertz CT molecular complexity index is 249. The smallest absolute Gasteiger partial charge is 0.0757 e. The molecule has 0 saturated carbocycles. The van der Waals surface area contributed by atoms with E-state index in [0.717, 1.165) is 19.1 Å². The molecule has 0 radical (unpaired) electrons. The summed E-state index contributed by atoms with van der Waals surface area (Å²) in [6, 6.07) is 0.783. The van der Waals surface area contributed by atoms with Crippen molar-refractivity contribution < 1.29 is 4.74 Å². The quantitative estimate of drug-likeness (QED) is 0.834. The van der Waals surface area contributed by atoms with E-state index in [1.807, 2.05) is 0 Å². The van der Waals surface area contributed by atoms with Gasteiger partial charge in [0.2, 0.25) is 0 Å². The van der Waals surface area contributed by atoms with Gasteiger partial charge in [0, 0.05) is 19.1 Å². The fourth-order valence-corrected chi connectivity index (χ4v) is 3.49. The molecule has 0 aromatic carbocycles. The van der Waals surface area contributed by atoms with Gasteiger partial charge in [-0.25, -0.2) is 0 Å². The maximum Gasteiger partial charge on any atom is 0.0757 e. The number of hydrogen-bond donors (Lipinski definition) is 1. The van der Waals surface area contributed by atoms with Crippen LogP contribution in [0.15, 0.2) is 0 Å². The van der Waals surface area contributed by atoms with E-state index >= 15 is 0 Å². The number of morpholine rings is 1. The van der Waals surface area contributed by atoms with Gasteiger partial charge in [-0.15, -0.1) is 0 Å². The molecule has 2 unspecified atom stereocenters. The molecule has 3 heteroatoms. The Morgan fingerprint density at radius 1 is 1.33 bits per heavy atom. The van der Waals surface area contributed by atoms with Gasteiger partial charge in [0.15, 0.2) is 0 Å². The molecule has 1 N–H and O–H groups in total. The first-order valence-corrected chi connectivity index (χ1v) is 7.69. The van der Waals surface area contributed by atoms with E-state index in [4.69, 9.17) is 4.74 Å². The fraction of sp³-hybridized carbons (Fsp3) is 1.00. The van der Waals surface area contributed by atoms with E-state index < -0.39 is 0 Å². The zero-order chi connectivity index (χ0) is 13.0. The van der Waals surface area contributed by atoms with Gasteiger partial charge < -0.3 is 10.1 Å². The Balaban J connectivity index is 1.66. The van der Waals surface area contributed by atoms with Crippen LogP contribution in [0.1, 0.15) is 52.9 Å². The van der Waals surface area contributed by atoms with Gasteiger partial charge in [-0.1, -0.05) is 6.42 Å².